The van der Waals surface area contributed by atoms with E-state index in [1.165, 1.54) is 57.8 Å². The summed E-state index contributed by atoms with van der Waals surface area (Å²) in [6, 6.07) is 11.2. The number of nitrogen functional groups attached to an aromatic ring is 1. The number of aromatic amines is 1. The molecule has 3 unspecified atom stereocenters. The van der Waals surface area contributed by atoms with Gasteiger partial charge in [-0.2, -0.15) is 15.3 Å². The first-order valence-electron chi connectivity index (χ1n) is 24.4. The molecule has 9 rings (SSSR count). The summed E-state index contributed by atoms with van der Waals surface area (Å²) in [6.45, 7) is 18.1. The number of anilines is 1. The van der Waals surface area contributed by atoms with Crippen LogP contribution < -0.4 is 22.6 Å². The Balaban J connectivity index is 0.000000334. The van der Waals surface area contributed by atoms with Gasteiger partial charge >= 0.3 is 30.4 Å². The lowest BCUT2D eigenvalue weighted by atomic mass is 10.2. The third-order valence-corrected chi connectivity index (χ3v) is 10.9. The number of aliphatic imine (C=N–C) groups is 1. The molecular weight excluding hydrogens is 1080 g/mol. The Morgan fingerprint density at radius 2 is 1.35 bits per heavy atom. The molecule has 31 heteroatoms. The summed E-state index contributed by atoms with van der Waals surface area (Å²) in [5.74, 6) is 3.65. The van der Waals surface area contributed by atoms with E-state index in [9.17, 15) is 28.8 Å². The highest BCUT2D eigenvalue weighted by molar-refractivity contribution is 5.97. The molecule has 442 valence electrons. The minimum absolute atomic E-state index is 0.0255. The Labute approximate surface area is 476 Å². The van der Waals surface area contributed by atoms with Crippen molar-refractivity contribution < 1.29 is 52.4 Å². The smallest absolute Gasteiger partial charge is 0.386 e. The number of nitrogens with one attached hydrogen (secondary N) is 2. The normalized spacial score (nSPS) is 13.8. The molecule has 1 saturated heterocycles. The summed E-state index contributed by atoms with van der Waals surface area (Å²) in [5, 5.41) is 14.8. The predicted molar refractivity (Wildman–Crippen MR) is 303 cm³/mol. The van der Waals surface area contributed by atoms with Crippen molar-refractivity contribution in [2.75, 3.05) is 54.9 Å². The maximum atomic E-state index is 11.6. The summed E-state index contributed by atoms with van der Waals surface area (Å²) >= 11 is 0. The zero-order chi connectivity index (χ0) is 62.2. The van der Waals surface area contributed by atoms with Gasteiger partial charge in [-0.3, -0.25) is 44.7 Å². The largest absolute Gasteiger partial charge is 0.474 e. The Bertz CT molecular complexity index is 3460. The number of ether oxygens (including phenoxy) is 6. The number of rotatable bonds is 8. The monoisotopic (exact) mass is 1150 g/mol. The summed E-state index contributed by atoms with van der Waals surface area (Å²) in [5.41, 5.74) is 19.5. The van der Waals surface area contributed by atoms with Crippen LogP contribution in [-0.4, -0.2) is 145 Å². The number of H-pyrrole nitrogens is 1. The van der Waals surface area contributed by atoms with Crippen molar-refractivity contribution in [3.05, 3.63) is 169 Å². The molecular formula is C52H67N19O12. The molecule has 9 heterocycles. The average Bonchev–Trinajstić information content (AvgIpc) is 4.50. The van der Waals surface area contributed by atoms with Crippen LogP contribution in [0.3, 0.4) is 0 Å². The lowest BCUT2D eigenvalue weighted by Crippen LogP contribution is -2.14. The van der Waals surface area contributed by atoms with E-state index in [1.54, 1.807) is 74.8 Å². The molecule has 7 aromatic rings. The van der Waals surface area contributed by atoms with Gasteiger partial charge in [-0.1, -0.05) is 13.0 Å². The number of hydrogen-bond donors (Lipinski definition) is 4. The molecule has 1 amide bonds. The minimum Gasteiger partial charge on any atom is -0.474 e. The second kappa shape index (κ2) is 36.0. The number of amides is 1. The van der Waals surface area contributed by atoms with Crippen molar-refractivity contribution in [1.29, 1.82) is 0 Å². The van der Waals surface area contributed by atoms with Crippen LogP contribution in [0.2, 0.25) is 0 Å². The molecule has 7 aromatic heterocycles. The first kappa shape index (κ1) is 68.7. The molecule has 31 nitrogen and oxygen atoms in total. The Morgan fingerprint density at radius 3 is 1.76 bits per heavy atom. The molecule has 0 radical (unpaired) electrons. The zero-order valence-electron chi connectivity index (χ0n) is 47.9. The lowest BCUT2D eigenvalue weighted by molar-refractivity contribution is -0.138. The van der Waals surface area contributed by atoms with Gasteiger partial charge in [0.25, 0.3) is 17.2 Å². The first-order valence-corrected chi connectivity index (χ1v) is 24.4. The molecule has 0 saturated carbocycles. The molecule has 6 N–H and O–H groups in total. The van der Waals surface area contributed by atoms with Crippen LogP contribution in [0.25, 0.3) is 37.3 Å². The number of allylic oxidation sites excluding steroid dienone is 1. The number of nitrogens with zero attached hydrogens (tertiary/aromatic N) is 15. The van der Waals surface area contributed by atoms with Crippen LogP contribution in [0, 0.1) is 13.1 Å². The Hall–Kier alpha value is -10.4. The summed E-state index contributed by atoms with van der Waals surface area (Å²) < 4.78 is 37.8. The fourth-order valence-corrected chi connectivity index (χ4v) is 6.98. The SMILES string of the molecule is CC1N=Cc2[nH]c(=O)c3cccn3c21.CNN.COC(=O)c1cnn(C)c1-n1cccc1.COC(=O)c1cnn(C)c1N.COC1CCC(C)O1.Cn1ncc(C(=O)N=[N+]=[N-])c1-n1cccc1.[C-]#[N+]C(=CC)C(=O)OC.[C-]#[N+]CC(=O)OC. The third-order valence-electron chi connectivity index (χ3n) is 10.9. The molecule has 1 fully saturated rings. The van der Waals surface area contributed by atoms with Crippen LogP contribution in [0.1, 0.15) is 82.1 Å². The number of hydrogen-bond acceptors (Lipinski definition) is 19. The molecule has 0 spiro atoms. The van der Waals surface area contributed by atoms with Gasteiger partial charge < -0.3 is 57.5 Å². The molecule has 2 aliphatic rings. The third kappa shape index (κ3) is 20.3. The highest BCUT2D eigenvalue weighted by Crippen LogP contribution is 2.24. The highest BCUT2D eigenvalue weighted by Gasteiger charge is 2.22. The van der Waals surface area contributed by atoms with Crippen LogP contribution in [-0.2, 0) is 59.2 Å². The van der Waals surface area contributed by atoms with Crippen LogP contribution in [0.4, 0.5) is 5.82 Å². The van der Waals surface area contributed by atoms with E-state index in [2.05, 4.69) is 82.1 Å². The fraction of sp³-hybridized carbons (Fsp3) is 0.346. The van der Waals surface area contributed by atoms with Crippen molar-refractivity contribution in [2.45, 2.75) is 52.0 Å². The summed E-state index contributed by atoms with van der Waals surface area (Å²) in [4.78, 5) is 81.1. The molecule has 0 aliphatic carbocycles. The summed E-state index contributed by atoms with van der Waals surface area (Å²) in [7, 11) is 13.6. The summed E-state index contributed by atoms with van der Waals surface area (Å²) in [6.07, 6.45) is 19.2. The van der Waals surface area contributed by atoms with Gasteiger partial charge in [-0.15, -0.1) is 0 Å². The standard InChI is InChI=1S/C10H11N3O2.C10H9N3O.C9H8N6O.C6H9N3O2.C6H7NO2.C6H12O2.C4H5NO2.CH6N2/c1-12-9(13-5-3-4-6-13)8(7-11-12)10(14)15-2;1-6-9-7(5-11-6)12-10(14)8-3-2-4-13(8)9;1-14-9(15-4-2-3-5-15)7(6-11-14)8(16)12-13-10;1-9-5(7)4(3-8-9)6(10)11-2;1-4-5(7-2)6(8)9-3;1-5-3-4-6(7-2)8-5;1-5-3-4(6)7-2;1-3-2/h3-7H,1-2H3;2-6H,1H3,(H,12,14);2-6H,1H3;3H,7H2,1-2H3;4H,1,3H3;5-6H,3-4H2,1-2H3;3H2,2H3;3H,2H2,1H3. The maximum Gasteiger partial charge on any atom is 0.386 e. The highest BCUT2D eigenvalue weighted by atomic mass is 16.7. The number of fused-ring (bicyclic) bond motifs is 3. The van der Waals surface area contributed by atoms with E-state index in [4.69, 9.17) is 33.9 Å². The first-order chi connectivity index (χ1) is 39.7. The van der Waals surface area contributed by atoms with E-state index in [0.717, 1.165) is 24.2 Å². The van der Waals surface area contributed by atoms with E-state index in [-0.39, 0.29) is 41.7 Å². The molecule has 0 aromatic carbocycles. The number of aromatic nitrogens is 10. The second-order valence-corrected chi connectivity index (χ2v) is 16.4. The number of aryl methyl sites for hydroxylation is 3. The van der Waals surface area contributed by atoms with E-state index in [0.29, 0.717) is 40.2 Å². The van der Waals surface area contributed by atoms with E-state index in [1.807, 2.05) is 70.9 Å². The van der Waals surface area contributed by atoms with E-state index >= 15 is 0 Å². The van der Waals surface area contributed by atoms with E-state index < -0.39 is 23.8 Å². The Morgan fingerprint density at radius 1 is 0.819 bits per heavy atom. The number of azide groups is 1. The number of nitrogens with two attached hydrogens (primary N) is 2. The quantitative estimate of drug-likeness (QED) is 0.0181. The average molecular weight is 1150 g/mol. The van der Waals surface area contributed by atoms with Crippen LogP contribution in [0.5, 0.6) is 0 Å². The van der Waals surface area contributed by atoms with Crippen molar-refractivity contribution in [2.24, 2.45) is 37.1 Å². The number of methoxy groups -OCH3 is 5. The lowest BCUT2D eigenvalue weighted by Gasteiger charge is -2.06. The van der Waals surface area contributed by atoms with Gasteiger partial charge in [0.05, 0.1) is 82.7 Å². The van der Waals surface area contributed by atoms with Gasteiger partial charge in [0.2, 0.25) is 0 Å². The number of hydrazine groups is 1. The van der Waals surface area contributed by atoms with Crippen molar-refractivity contribution >= 4 is 47.3 Å². The number of carbonyl (C=O) groups excluding carboxylic acids is 5. The predicted octanol–water partition coefficient (Wildman–Crippen LogP) is 4.87. The second-order valence-electron chi connectivity index (χ2n) is 16.4. The zero-order valence-corrected chi connectivity index (χ0v) is 47.9. The molecule has 83 heavy (non-hydrogen) atoms. The minimum atomic E-state index is -0.640. The topological polar surface area (TPSA) is 375 Å². The van der Waals surface area contributed by atoms with Gasteiger partial charge in [0.15, 0.2) is 6.29 Å². The number of carbonyl (C=O) groups is 5. The maximum absolute atomic E-state index is 11.6. The fourth-order valence-electron chi connectivity index (χ4n) is 6.98. The van der Waals surface area contributed by atoms with Crippen molar-refractivity contribution in [1.82, 2.24) is 53.3 Å². The molecule has 0 bridgehead atoms. The van der Waals surface area contributed by atoms with Crippen LogP contribution in [0.15, 0.2) is 113 Å². The van der Waals surface area contributed by atoms with Gasteiger partial charge in [-0.25, -0.2) is 25.8 Å². The van der Waals surface area contributed by atoms with Gasteiger partial charge in [0.1, 0.15) is 34.1 Å². The molecule has 2 aliphatic heterocycles. The van der Waals surface area contributed by atoms with Crippen LogP contribution >= 0.6 is 0 Å². The Kier molecular flexibility index (Phi) is 29.7. The van der Waals surface area contributed by atoms with Gasteiger partial charge in [0, 0.05) is 76.8 Å². The van der Waals surface area contributed by atoms with Crippen molar-refractivity contribution in [3.63, 3.8) is 0 Å². The van der Waals surface area contributed by atoms with Gasteiger partial charge in [-0.05, 0) is 74.4 Å². The number of esters is 4. The van der Waals surface area contributed by atoms with Crippen molar-refractivity contribution in [3.8, 4) is 11.6 Å². The molecule has 3 atom stereocenters.